The molecule has 0 aliphatic carbocycles. The number of pyridine rings is 1. The number of likely N-dealkylation sites (tertiary alicyclic amines) is 1. The Bertz CT molecular complexity index is 5640. The molecule has 0 amide bonds. The molecule has 30 nitrogen and oxygen atoms in total. The molecule has 0 bridgehead atoms. The number of alkyl halides is 12. The summed E-state index contributed by atoms with van der Waals surface area (Å²) < 4.78 is 187. The van der Waals surface area contributed by atoms with E-state index < -0.39 is 96.0 Å². The quantitative estimate of drug-likeness (QED) is 0.0315. The van der Waals surface area contributed by atoms with Gasteiger partial charge < -0.3 is 81.9 Å². The van der Waals surface area contributed by atoms with Crippen LogP contribution >= 0.6 is 69.6 Å². The number of nitrogens with zero attached hydrogens (tertiary/aromatic N) is 20. The Morgan fingerprint density at radius 3 is 1.18 bits per heavy atom. The number of aliphatic hydroxyl groups is 6. The van der Waals surface area contributed by atoms with Crippen molar-refractivity contribution in [2.24, 2.45) is 5.92 Å². The molecule has 13 aromatic heterocycles. The lowest BCUT2D eigenvalue weighted by Gasteiger charge is -2.22. The normalized spacial score (nSPS) is 19.8. The molecule has 0 radical (unpaired) electrons. The van der Waals surface area contributed by atoms with E-state index in [1.54, 1.807) is 46.1 Å². The molecule has 122 heavy (non-hydrogen) atoms. The van der Waals surface area contributed by atoms with E-state index in [4.69, 9.17) is 98.8 Å². The summed E-state index contributed by atoms with van der Waals surface area (Å²) >= 11 is 35.3. The number of aromatic nitrogens is 19. The Morgan fingerprint density at radius 2 is 0.795 bits per heavy atom. The summed E-state index contributed by atoms with van der Waals surface area (Å²) in [4.78, 5) is 52.5. The van der Waals surface area contributed by atoms with E-state index in [0.29, 0.717) is 71.8 Å². The minimum atomic E-state index is -4.52. The van der Waals surface area contributed by atoms with Crippen molar-refractivity contribution < 1.29 is 102 Å². The topological polar surface area (TPSA) is 359 Å². The van der Waals surface area contributed by atoms with Crippen molar-refractivity contribution in [3.63, 3.8) is 0 Å². The first kappa shape index (κ1) is 92.5. The molecule has 8 atom stereocenters. The van der Waals surface area contributed by atoms with Crippen LogP contribution in [0.2, 0.25) is 30.9 Å². The van der Waals surface area contributed by atoms with Gasteiger partial charge in [-0.2, -0.15) is 52.7 Å². The number of hydrogen-bond acceptors (Lipinski definition) is 24. The van der Waals surface area contributed by atoms with E-state index in [1.165, 1.54) is 43.6 Å². The molecule has 48 heteroatoms. The molecule has 0 unspecified atom stereocenters. The minimum Gasteiger partial charge on any atom is -0.394 e. The third kappa shape index (κ3) is 20.6. The van der Waals surface area contributed by atoms with E-state index in [1.807, 2.05) is 20.8 Å². The van der Waals surface area contributed by atoms with Crippen LogP contribution in [0, 0.1) is 19.8 Å². The molecule has 0 spiro atoms. The van der Waals surface area contributed by atoms with Gasteiger partial charge in [0.1, 0.15) is 146 Å². The monoisotopic (exact) mass is 1840 g/mol. The average molecular weight is 1840 g/mol. The van der Waals surface area contributed by atoms with Gasteiger partial charge in [-0.05, 0) is 93.8 Å². The van der Waals surface area contributed by atoms with Crippen LogP contribution in [0.1, 0.15) is 90.4 Å². The highest BCUT2D eigenvalue weighted by molar-refractivity contribution is 6.36. The van der Waals surface area contributed by atoms with Gasteiger partial charge in [0.2, 0.25) is 0 Å². The number of rotatable bonds is 15. The summed E-state index contributed by atoms with van der Waals surface area (Å²) in [6.07, 6.45) is -3.15. The van der Waals surface area contributed by atoms with Gasteiger partial charge >= 0.3 is 24.7 Å². The molecule has 17 rings (SSSR count). The number of halogens is 18. The van der Waals surface area contributed by atoms with Gasteiger partial charge in [-0.3, -0.25) is 4.98 Å². The molecule has 0 aromatic carbocycles. The Hall–Kier alpha value is -8.67. The van der Waals surface area contributed by atoms with Gasteiger partial charge in [0.15, 0.2) is 12.5 Å². The van der Waals surface area contributed by atoms with Gasteiger partial charge in [-0.15, -0.1) is 0 Å². The molecular formula is C74H74Cl6F12N20O10. The van der Waals surface area contributed by atoms with Crippen LogP contribution < -0.4 is 0 Å². The summed E-state index contributed by atoms with van der Waals surface area (Å²) in [6.45, 7) is 10.5. The Kier molecular flexibility index (Phi) is 29.8. The third-order valence-electron chi connectivity index (χ3n) is 20.1. The maximum absolute atomic E-state index is 13.1. The molecule has 656 valence electrons. The van der Waals surface area contributed by atoms with Gasteiger partial charge in [-0.25, -0.2) is 59.8 Å². The second-order valence-electron chi connectivity index (χ2n) is 28.2. The van der Waals surface area contributed by atoms with E-state index in [-0.39, 0.29) is 97.2 Å². The standard InChI is InChI=1S/C13H8ClF3N4.C13H14ClF3N4.C13H13ClF3N3O.2C12H14ClN3O4.C11H11ClF3N3O/c14-11-10-9(13(15,16)17)6-21(12(10)20-7-19-11)5-8-1-3-18-4-2-8;14-11-10-9(13(15,16)17)7-21(12(10)19-8-18-11)6-5-20-3-1-2-4-20;14-11-10-9(13(15,16)17)6-20(12(10)19-7-18-11)5-8-1-3-21-4-2-8;2*1-5-2-16(11-7(5)10(13)14-4-15-11)12-9(19)8(18)6(3-17)20-12;1-2-3-19-6-18-4-7(11(13,14)15)8-9(12)16-5-17-10(8)18/h1-4,6-7H,5H2;7-8H,1-6H2;6-8H,1-5H2;2*2,4,6,8-9,12,17-19H,3H2,1H3;4-5H,2-3,6H2,1H3/t;;;6-,8-,9-,12+;6-,8-,9-,12-;/m...11./s1. The van der Waals surface area contributed by atoms with Crippen LogP contribution in [0.3, 0.4) is 0 Å². The minimum absolute atomic E-state index is 0.00619. The van der Waals surface area contributed by atoms with Crippen molar-refractivity contribution in [1.29, 1.82) is 0 Å². The largest absolute Gasteiger partial charge is 0.418 e. The Balaban J connectivity index is 0.000000134. The Morgan fingerprint density at radius 1 is 0.443 bits per heavy atom. The van der Waals surface area contributed by atoms with Crippen molar-refractivity contribution in [2.75, 3.05) is 52.7 Å². The van der Waals surface area contributed by atoms with Crippen molar-refractivity contribution in [2.45, 2.75) is 153 Å². The van der Waals surface area contributed by atoms with Crippen LogP contribution in [-0.4, -0.2) is 217 Å². The first-order valence-corrected chi connectivity index (χ1v) is 39.4. The highest BCUT2D eigenvalue weighted by atomic mass is 35.5. The predicted molar refractivity (Wildman–Crippen MR) is 420 cm³/mol. The Labute approximate surface area is 712 Å². The number of aryl methyl sites for hydroxylation is 2. The molecule has 4 aliphatic rings. The molecule has 13 aromatic rings. The maximum atomic E-state index is 13.1. The van der Waals surface area contributed by atoms with Crippen LogP contribution in [0.5, 0.6) is 0 Å². The second kappa shape index (κ2) is 39.3. The van der Waals surface area contributed by atoms with Crippen LogP contribution in [0.25, 0.3) is 66.2 Å². The van der Waals surface area contributed by atoms with Crippen molar-refractivity contribution in [3.05, 3.63) is 170 Å². The summed E-state index contributed by atoms with van der Waals surface area (Å²) in [5.74, 6) is 0.282. The van der Waals surface area contributed by atoms with Crippen LogP contribution in [-0.2, 0) is 70.0 Å². The lowest BCUT2D eigenvalue weighted by Crippen LogP contribution is -2.33. The zero-order chi connectivity index (χ0) is 88.0. The fraction of sp³-hybridized carbons (Fsp3) is 0.446. The SMILES string of the molecule is CCCOCn1cc(C(F)(F)F)c2c(Cl)ncnc21.Cc1cn([C@@H]2O[C@H](CO)[C@@H](O)[C@H]2O)c2ncnc(Cl)c12.Cc1cn([C@H]2O[C@H](CO)[C@@H](O)[C@H]2O)c2ncnc(Cl)c12.FC(F)(F)c1cn(CC2CCOCC2)c2ncnc(Cl)c12.FC(F)(F)c1cn(CCN2CCCC2)c2ncnc(Cl)c12.FC(F)(F)c1cn(Cc2ccncc2)c2ncnc(Cl)c12. The zero-order valence-corrected chi connectivity index (χ0v) is 68.6. The fourth-order valence-electron chi connectivity index (χ4n) is 14.2. The van der Waals surface area contributed by atoms with E-state index in [2.05, 4.69) is 69.7 Å². The molecule has 0 saturated carbocycles. The van der Waals surface area contributed by atoms with Crippen LogP contribution in [0.4, 0.5) is 52.7 Å². The molecule has 4 aliphatic heterocycles. The summed E-state index contributed by atoms with van der Waals surface area (Å²) in [5, 5.41) is 58.6. The molecule has 4 fully saturated rings. The summed E-state index contributed by atoms with van der Waals surface area (Å²) in [7, 11) is 0. The number of hydrogen-bond donors (Lipinski definition) is 6. The summed E-state index contributed by atoms with van der Waals surface area (Å²) in [5.41, 5.74) is 0.995. The number of fused-ring (bicyclic) bond motifs is 6. The highest BCUT2D eigenvalue weighted by Crippen LogP contribution is 2.44. The van der Waals surface area contributed by atoms with Gasteiger partial charge in [-0.1, -0.05) is 76.5 Å². The first-order valence-electron chi connectivity index (χ1n) is 37.2. The lowest BCUT2D eigenvalue weighted by atomic mass is 10.0. The molecule has 4 saturated heterocycles. The smallest absolute Gasteiger partial charge is 0.394 e. The third-order valence-corrected chi connectivity index (χ3v) is 21.8. The van der Waals surface area contributed by atoms with E-state index in [0.717, 1.165) is 99.3 Å². The first-order chi connectivity index (χ1) is 57.9. The molecule has 17 heterocycles. The highest BCUT2D eigenvalue weighted by Gasteiger charge is 2.47. The predicted octanol–water partition coefficient (Wildman–Crippen LogP) is 13.8. The second-order valence-corrected chi connectivity index (χ2v) is 30.3. The van der Waals surface area contributed by atoms with Crippen LogP contribution in [0.15, 0.2) is 99.7 Å². The van der Waals surface area contributed by atoms with Gasteiger partial charge in [0.05, 0.1) is 67.8 Å². The van der Waals surface area contributed by atoms with Crippen molar-refractivity contribution >= 4 is 136 Å². The molecular weight excluding hydrogens is 1770 g/mol. The van der Waals surface area contributed by atoms with E-state index in [9.17, 15) is 73.1 Å². The lowest BCUT2D eigenvalue weighted by molar-refractivity contribution is -0.137. The number of ether oxygens (including phenoxy) is 4. The van der Waals surface area contributed by atoms with Gasteiger partial charge in [0.25, 0.3) is 0 Å². The molecule has 6 N–H and O–H groups in total. The fourth-order valence-corrected chi connectivity index (χ4v) is 15.7. The number of aliphatic hydroxyl groups excluding tert-OH is 6. The summed E-state index contributed by atoms with van der Waals surface area (Å²) in [6, 6.07) is 3.45. The van der Waals surface area contributed by atoms with Crippen molar-refractivity contribution in [1.82, 2.24) is 97.1 Å². The maximum Gasteiger partial charge on any atom is 0.418 e. The van der Waals surface area contributed by atoms with Gasteiger partial charge in [0, 0.05) is 95.6 Å². The van der Waals surface area contributed by atoms with Crippen molar-refractivity contribution in [3.8, 4) is 0 Å². The van der Waals surface area contributed by atoms with E-state index >= 15 is 0 Å². The zero-order valence-electron chi connectivity index (χ0n) is 64.0. The average Bonchev–Trinajstić information content (AvgIpc) is 1.65.